The largest absolute Gasteiger partial charge is 0.321 e. The fourth-order valence-electron chi connectivity index (χ4n) is 0.680. The van der Waals surface area contributed by atoms with Crippen LogP contribution in [0.2, 0.25) is 5.02 Å². The molecule has 11 heavy (non-hydrogen) atoms. The number of rotatable bonds is 1. The zero-order valence-corrected chi connectivity index (χ0v) is 7.71. The van der Waals surface area contributed by atoms with Crippen LogP contribution in [0.25, 0.3) is 0 Å². The lowest BCUT2D eigenvalue weighted by molar-refractivity contribution is 0.630. The highest BCUT2D eigenvalue weighted by Gasteiger charge is 2.05. The van der Waals surface area contributed by atoms with Gasteiger partial charge in [-0.15, -0.1) is 0 Å². The van der Waals surface area contributed by atoms with E-state index in [4.69, 9.17) is 17.4 Å². The molecule has 0 radical (unpaired) electrons. The average Bonchev–Trinajstić information content (AvgIpc) is 1.85. The van der Waals surface area contributed by atoms with Crippen molar-refractivity contribution in [2.24, 2.45) is 5.84 Å². The second-order valence-corrected chi connectivity index (χ2v) is 3.18. The second kappa shape index (κ2) is 3.38. The van der Waals surface area contributed by atoms with Crippen molar-refractivity contribution < 1.29 is 4.39 Å². The molecule has 0 aliphatic rings. The monoisotopic (exact) mass is 238 g/mol. The number of hydrogen-bond donors (Lipinski definition) is 2. The highest BCUT2D eigenvalue weighted by molar-refractivity contribution is 9.10. The summed E-state index contributed by atoms with van der Waals surface area (Å²) >= 11 is 8.63. The summed E-state index contributed by atoms with van der Waals surface area (Å²) < 4.78 is 13.4. The van der Waals surface area contributed by atoms with Crippen molar-refractivity contribution in [3.05, 3.63) is 27.4 Å². The van der Waals surface area contributed by atoms with E-state index in [0.717, 1.165) is 0 Å². The van der Waals surface area contributed by atoms with Crippen LogP contribution in [-0.4, -0.2) is 0 Å². The van der Waals surface area contributed by atoms with E-state index in [-0.39, 0.29) is 5.69 Å². The van der Waals surface area contributed by atoms with Crippen molar-refractivity contribution in [1.82, 2.24) is 0 Å². The molecule has 0 unspecified atom stereocenters. The Bertz CT molecular complexity index is 256. The van der Waals surface area contributed by atoms with Crippen molar-refractivity contribution in [3.8, 4) is 0 Å². The van der Waals surface area contributed by atoms with Crippen LogP contribution in [0, 0.1) is 5.82 Å². The van der Waals surface area contributed by atoms with Gasteiger partial charge >= 0.3 is 0 Å². The maximum absolute atomic E-state index is 12.9. The molecule has 0 saturated carbocycles. The topological polar surface area (TPSA) is 38.0 Å². The van der Waals surface area contributed by atoms with Crippen molar-refractivity contribution in [2.45, 2.75) is 0 Å². The molecule has 0 aliphatic carbocycles. The van der Waals surface area contributed by atoms with Crippen LogP contribution < -0.4 is 11.3 Å². The maximum atomic E-state index is 12.9. The molecule has 1 rings (SSSR count). The molecule has 3 N–H and O–H groups in total. The van der Waals surface area contributed by atoms with Gasteiger partial charge < -0.3 is 5.43 Å². The Morgan fingerprint density at radius 1 is 1.55 bits per heavy atom. The van der Waals surface area contributed by atoms with Gasteiger partial charge in [0.25, 0.3) is 0 Å². The average molecular weight is 239 g/mol. The molecule has 0 atom stereocenters. The number of benzene rings is 1. The molecule has 0 aliphatic heterocycles. The van der Waals surface area contributed by atoms with Gasteiger partial charge in [-0.1, -0.05) is 11.6 Å². The van der Waals surface area contributed by atoms with E-state index in [1.165, 1.54) is 6.07 Å². The Labute approximate surface area is 76.6 Å². The summed E-state index contributed by atoms with van der Waals surface area (Å²) in [7, 11) is 0. The Hall–Kier alpha value is -0.320. The van der Waals surface area contributed by atoms with Gasteiger partial charge in [-0.2, -0.15) is 0 Å². The molecule has 60 valence electrons. The van der Waals surface area contributed by atoms with E-state index >= 15 is 0 Å². The van der Waals surface area contributed by atoms with Gasteiger partial charge in [0.05, 0.1) is 5.69 Å². The van der Waals surface area contributed by atoms with Gasteiger partial charge in [-0.3, -0.25) is 5.84 Å². The number of nitrogen functional groups attached to an aromatic ring is 1. The lowest BCUT2D eigenvalue weighted by Crippen LogP contribution is -2.09. The molecule has 0 aromatic heterocycles. The molecule has 0 saturated heterocycles. The third kappa shape index (κ3) is 1.83. The van der Waals surface area contributed by atoms with Crippen LogP contribution in [-0.2, 0) is 0 Å². The quantitative estimate of drug-likeness (QED) is 0.584. The van der Waals surface area contributed by atoms with E-state index in [9.17, 15) is 4.39 Å². The molecule has 2 nitrogen and oxygen atoms in total. The standard InChI is InChI=1S/C6H5BrClFN2/c7-4-1-3(8)2-5(9)6(4)11-10/h1-2,11H,10H2. The van der Waals surface area contributed by atoms with Gasteiger partial charge in [-0.05, 0) is 28.1 Å². The predicted molar refractivity (Wildman–Crippen MR) is 46.9 cm³/mol. The minimum atomic E-state index is -0.480. The molecular formula is C6H5BrClFN2. The number of hydrogen-bond acceptors (Lipinski definition) is 2. The summed E-state index contributed by atoms with van der Waals surface area (Å²) in [4.78, 5) is 0. The third-order valence-corrected chi connectivity index (χ3v) is 1.99. The predicted octanol–water partition coefficient (Wildman–Crippen LogP) is 2.53. The van der Waals surface area contributed by atoms with E-state index < -0.39 is 5.82 Å². The lowest BCUT2D eigenvalue weighted by Gasteiger charge is -2.04. The first kappa shape index (κ1) is 8.77. The van der Waals surface area contributed by atoms with E-state index in [1.54, 1.807) is 6.07 Å². The first-order valence-corrected chi connectivity index (χ1v) is 3.93. The minimum Gasteiger partial charge on any atom is -0.321 e. The fraction of sp³-hybridized carbons (Fsp3) is 0. The van der Waals surface area contributed by atoms with Crippen molar-refractivity contribution in [1.29, 1.82) is 0 Å². The third-order valence-electron chi connectivity index (χ3n) is 1.15. The number of nitrogens with one attached hydrogen (secondary N) is 1. The summed E-state index contributed by atoms with van der Waals surface area (Å²) in [5.74, 6) is 4.56. The van der Waals surface area contributed by atoms with Crippen LogP contribution in [0.5, 0.6) is 0 Å². The van der Waals surface area contributed by atoms with E-state index in [1.807, 2.05) is 0 Å². The normalized spacial score (nSPS) is 9.82. The lowest BCUT2D eigenvalue weighted by atomic mass is 10.3. The summed E-state index contributed by atoms with van der Waals surface area (Å²) in [6, 6.07) is 2.74. The second-order valence-electron chi connectivity index (χ2n) is 1.89. The number of halogens is 3. The summed E-state index contributed by atoms with van der Waals surface area (Å²) in [5, 5.41) is 0.327. The Kier molecular flexibility index (Phi) is 2.70. The summed E-state index contributed by atoms with van der Waals surface area (Å²) in [6.07, 6.45) is 0. The highest BCUT2D eigenvalue weighted by Crippen LogP contribution is 2.28. The van der Waals surface area contributed by atoms with Crippen LogP contribution >= 0.6 is 27.5 Å². The Morgan fingerprint density at radius 2 is 2.18 bits per heavy atom. The molecule has 1 aromatic rings. The molecule has 5 heteroatoms. The highest BCUT2D eigenvalue weighted by atomic mass is 79.9. The van der Waals surface area contributed by atoms with Crippen LogP contribution in [0.15, 0.2) is 16.6 Å². The SMILES string of the molecule is NNc1c(F)cc(Cl)cc1Br. The van der Waals surface area contributed by atoms with Crippen LogP contribution in [0.3, 0.4) is 0 Å². The van der Waals surface area contributed by atoms with Crippen molar-refractivity contribution >= 4 is 33.2 Å². The van der Waals surface area contributed by atoms with Gasteiger partial charge in [0.2, 0.25) is 0 Å². The number of nitrogens with two attached hydrogens (primary N) is 1. The summed E-state index contributed by atoms with van der Waals surface area (Å²) in [6.45, 7) is 0. The molecule has 0 bridgehead atoms. The van der Waals surface area contributed by atoms with E-state index in [0.29, 0.717) is 9.50 Å². The molecule has 0 spiro atoms. The summed E-state index contributed by atoms with van der Waals surface area (Å²) in [5.41, 5.74) is 2.41. The first-order valence-electron chi connectivity index (χ1n) is 2.76. The van der Waals surface area contributed by atoms with Gasteiger partial charge in [0, 0.05) is 9.50 Å². The molecule has 0 heterocycles. The molecule has 0 fully saturated rings. The Balaban J connectivity index is 3.25. The first-order chi connectivity index (χ1) is 5.15. The van der Waals surface area contributed by atoms with Gasteiger partial charge in [-0.25, -0.2) is 4.39 Å². The number of hydrazine groups is 1. The minimum absolute atomic E-state index is 0.203. The molecule has 0 amide bonds. The van der Waals surface area contributed by atoms with Crippen LogP contribution in [0.4, 0.5) is 10.1 Å². The van der Waals surface area contributed by atoms with Gasteiger partial charge in [0.1, 0.15) is 5.82 Å². The fourth-order valence-corrected chi connectivity index (χ4v) is 1.57. The van der Waals surface area contributed by atoms with Crippen LogP contribution in [0.1, 0.15) is 0 Å². The van der Waals surface area contributed by atoms with Gasteiger partial charge in [0.15, 0.2) is 0 Å². The molecule has 1 aromatic carbocycles. The van der Waals surface area contributed by atoms with Crippen molar-refractivity contribution in [2.75, 3.05) is 5.43 Å². The van der Waals surface area contributed by atoms with Crippen molar-refractivity contribution in [3.63, 3.8) is 0 Å². The zero-order valence-electron chi connectivity index (χ0n) is 5.37. The maximum Gasteiger partial charge on any atom is 0.150 e. The van der Waals surface area contributed by atoms with E-state index in [2.05, 4.69) is 21.4 Å². The number of anilines is 1. The smallest absolute Gasteiger partial charge is 0.150 e. The zero-order chi connectivity index (χ0) is 8.43. The molecular weight excluding hydrogens is 234 g/mol. The Morgan fingerprint density at radius 3 is 2.64 bits per heavy atom.